The van der Waals surface area contributed by atoms with Crippen molar-refractivity contribution in [2.45, 2.75) is 270 Å². The summed E-state index contributed by atoms with van der Waals surface area (Å²) in [6.45, 7) is 11.5. The number of nitrogens with two attached hydrogens (primary N) is 1. The fourth-order valence-electron chi connectivity index (χ4n) is 11.3. The van der Waals surface area contributed by atoms with Gasteiger partial charge in [-0.3, -0.25) is 58.0 Å². The van der Waals surface area contributed by atoms with Crippen LogP contribution in [-0.2, 0) is 67.1 Å². The van der Waals surface area contributed by atoms with Crippen LogP contribution in [0.3, 0.4) is 0 Å². The molecule has 0 bridgehead atoms. The van der Waals surface area contributed by atoms with Crippen LogP contribution >= 0.6 is 0 Å². The molecule has 3 rings (SSSR count). The number of nitrogens with one attached hydrogen (secondary N) is 9. The molecule has 1 saturated heterocycles. The third kappa shape index (κ3) is 32.9. The number of aliphatic hydroxyl groups is 2. The molecule has 0 aromatic carbocycles. The average molecular weight is 1300 g/mol. The van der Waals surface area contributed by atoms with Gasteiger partial charge < -0.3 is 73.3 Å². The van der Waals surface area contributed by atoms with Crippen LogP contribution in [0.1, 0.15) is 221 Å². The summed E-state index contributed by atoms with van der Waals surface area (Å²) in [7, 11) is 0. The second kappa shape index (κ2) is 47.8. The lowest BCUT2D eigenvalue weighted by atomic mass is 9.83. The number of rotatable bonds is 35. The molecule has 0 radical (unpaired) electrons. The van der Waals surface area contributed by atoms with Crippen molar-refractivity contribution in [2.75, 3.05) is 46.0 Å². The molecule has 4 unspecified atom stereocenters. The zero-order valence-corrected chi connectivity index (χ0v) is 55.3. The molecular formula is C64H114N10O17. The third-order valence-corrected chi connectivity index (χ3v) is 16.8. The van der Waals surface area contributed by atoms with Gasteiger partial charge in [0.05, 0.1) is 31.9 Å². The smallest absolute Gasteiger partial charge is 0.325 e. The van der Waals surface area contributed by atoms with Crippen molar-refractivity contribution in [3.05, 3.63) is 0 Å². The van der Waals surface area contributed by atoms with Crippen LogP contribution in [0.4, 0.5) is 0 Å². The lowest BCUT2D eigenvalue weighted by molar-refractivity contribution is -0.242. The highest BCUT2D eigenvalue weighted by Gasteiger charge is 2.38. The Kier molecular flexibility index (Phi) is 42.6. The van der Waals surface area contributed by atoms with E-state index in [0.29, 0.717) is 103 Å². The highest BCUT2D eigenvalue weighted by Crippen LogP contribution is 2.29. The lowest BCUT2D eigenvalue weighted by Crippen LogP contribution is -2.59. The first-order valence-electron chi connectivity index (χ1n) is 33.9. The van der Waals surface area contributed by atoms with Crippen molar-refractivity contribution in [3.8, 4) is 0 Å². The van der Waals surface area contributed by atoms with Crippen molar-refractivity contribution in [1.29, 1.82) is 0 Å². The molecular weight excluding hydrogens is 1180 g/mol. The SMILES string of the molecule is CCCOC(=O)CNC(=O)C(O)C(CCC)NC(=O)[C@@H]1CCCCNC(=O)CCC[C@H](C)C(=O)N[C@@H](C2CCCCC2)C(=O)N1.CCCOC(=O)CNC(=O)C(O)C(CCC)NC(=O)[C@H](CCCCN)NC(=O)[C@@H](NC(=O)[C@@H](C)CCCCOO)C1CCCCC1. The highest BCUT2D eigenvalue weighted by molar-refractivity contribution is 5.95. The summed E-state index contributed by atoms with van der Waals surface area (Å²) < 4.78 is 9.89. The quantitative estimate of drug-likeness (QED) is 0.0188. The van der Waals surface area contributed by atoms with Gasteiger partial charge in [-0.05, 0) is 134 Å². The van der Waals surface area contributed by atoms with Gasteiger partial charge in [-0.1, -0.05) is 99.3 Å². The predicted octanol–water partition coefficient (Wildman–Crippen LogP) is 3.03. The molecule has 522 valence electrons. The number of amides is 9. The molecule has 1 aliphatic heterocycles. The summed E-state index contributed by atoms with van der Waals surface area (Å²) >= 11 is 0. The van der Waals surface area contributed by atoms with Crippen LogP contribution in [-0.4, -0.2) is 175 Å². The maximum atomic E-state index is 13.8. The van der Waals surface area contributed by atoms with Crippen LogP contribution < -0.4 is 53.6 Å². The number of hydrogen-bond acceptors (Lipinski definition) is 18. The summed E-state index contributed by atoms with van der Waals surface area (Å²) in [4.78, 5) is 146. The van der Waals surface area contributed by atoms with E-state index in [0.717, 1.165) is 64.2 Å². The van der Waals surface area contributed by atoms with E-state index in [1.165, 1.54) is 0 Å². The van der Waals surface area contributed by atoms with Gasteiger partial charge in [-0.25, -0.2) is 4.89 Å². The van der Waals surface area contributed by atoms with E-state index < -0.39 is 109 Å². The lowest BCUT2D eigenvalue weighted by Gasteiger charge is -2.32. The first kappa shape index (κ1) is 81.1. The normalized spacial score (nSPS) is 20.5. The van der Waals surface area contributed by atoms with Gasteiger partial charge in [0, 0.05) is 24.8 Å². The van der Waals surface area contributed by atoms with Crippen LogP contribution in [0, 0.1) is 23.7 Å². The fraction of sp³-hybridized carbons (Fsp3) is 0.828. The van der Waals surface area contributed by atoms with E-state index in [1.807, 2.05) is 27.7 Å². The maximum absolute atomic E-state index is 13.8. The fourth-order valence-corrected chi connectivity index (χ4v) is 11.3. The van der Waals surface area contributed by atoms with Crippen molar-refractivity contribution >= 4 is 65.1 Å². The standard InChI is InChI=1S/C32H59N5O9.C32H55N5O8/c1-4-13-24(28(39)32(43)34-21-26(38)45-19-5-2)35-30(41)25(17-9-11-18-33)36-31(42)27(23-15-7-6-8-16-23)37-29(40)22(3)14-10-12-20-46-44;1-4-12-23(28(40)32(44)34-20-26(39)45-19-5-2)35-30(42)24-16-9-10-18-33-25(38)17-11-13-21(3)29(41)37-27(31(43)36-24)22-14-7-6-8-15-22/h22-25,27-28,39,44H,4-21,33H2,1-3H3,(H,34,43)(H,35,41)(H,36,42)(H,37,40);21-24,27-28,40H,4-20H2,1-3H3,(H,33,38)(H,34,44)(H,35,42)(H,36,43)(H,37,41)/t22-,24?,25-,27-,28?;21-,23?,24-,27-,28?/m00/s1. The summed E-state index contributed by atoms with van der Waals surface area (Å²) in [5.41, 5.74) is 5.68. The van der Waals surface area contributed by atoms with Crippen LogP contribution in [0.25, 0.3) is 0 Å². The molecule has 1 heterocycles. The second-order valence-electron chi connectivity index (χ2n) is 24.6. The largest absolute Gasteiger partial charge is 0.464 e. The number of ether oxygens (including phenoxy) is 2. The summed E-state index contributed by atoms with van der Waals surface area (Å²) in [6.07, 6.45) is 14.6. The number of unbranched alkanes of at least 4 members (excludes halogenated alkanes) is 2. The van der Waals surface area contributed by atoms with E-state index in [2.05, 4.69) is 52.7 Å². The minimum atomic E-state index is -1.64. The molecule has 27 nitrogen and oxygen atoms in total. The Morgan fingerprint density at radius 3 is 1.69 bits per heavy atom. The number of hydrogen-bond donors (Lipinski definition) is 13. The molecule has 10 atom stereocenters. The number of esters is 2. The second-order valence-corrected chi connectivity index (χ2v) is 24.6. The monoisotopic (exact) mass is 1290 g/mol. The summed E-state index contributed by atoms with van der Waals surface area (Å²) in [6, 6.07) is -5.56. The molecule has 2 saturated carbocycles. The Labute approximate surface area is 538 Å². The van der Waals surface area contributed by atoms with Crippen molar-refractivity contribution in [3.63, 3.8) is 0 Å². The molecule has 9 amide bonds. The van der Waals surface area contributed by atoms with E-state index in [1.54, 1.807) is 13.8 Å². The van der Waals surface area contributed by atoms with E-state index in [9.17, 15) is 63.0 Å². The molecule has 0 aromatic heterocycles. The summed E-state index contributed by atoms with van der Waals surface area (Å²) in [5, 5.41) is 54.8. The Balaban J connectivity index is 0.000000620. The molecule has 0 spiro atoms. The zero-order valence-electron chi connectivity index (χ0n) is 55.3. The Bertz CT molecular complexity index is 2200. The van der Waals surface area contributed by atoms with Gasteiger partial charge in [0.2, 0.25) is 41.4 Å². The molecule has 91 heavy (non-hydrogen) atoms. The Morgan fingerprint density at radius 2 is 1.13 bits per heavy atom. The highest BCUT2D eigenvalue weighted by atomic mass is 17.1. The Morgan fingerprint density at radius 1 is 0.571 bits per heavy atom. The predicted molar refractivity (Wildman–Crippen MR) is 339 cm³/mol. The van der Waals surface area contributed by atoms with Gasteiger partial charge in [0.1, 0.15) is 37.3 Å². The number of aliphatic hydroxyl groups excluding tert-OH is 2. The minimum Gasteiger partial charge on any atom is -0.464 e. The van der Waals surface area contributed by atoms with Crippen LogP contribution in [0.15, 0.2) is 0 Å². The van der Waals surface area contributed by atoms with E-state index in [4.69, 9.17) is 20.5 Å². The van der Waals surface area contributed by atoms with Crippen molar-refractivity contribution in [2.24, 2.45) is 29.4 Å². The molecule has 14 N–H and O–H groups in total. The molecule has 0 aromatic rings. The third-order valence-electron chi connectivity index (χ3n) is 16.8. The van der Waals surface area contributed by atoms with Crippen LogP contribution in [0.2, 0.25) is 0 Å². The molecule has 27 heteroatoms. The number of carbonyl (C=O) groups excluding carboxylic acids is 11. The van der Waals surface area contributed by atoms with Gasteiger partial charge in [-0.2, -0.15) is 0 Å². The van der Waals surface area contributed by atoms with E-state index >= 15 is 0 Å². The average Bonchev–Trinajstić information content (AvgIpc) is 1.18. The zero-order chi connectivity index (χ0) is 67.5. The summed E-state index contributed by atoms with van der Waals surface area (Å²) in [5.74, 6) is -6.43. The van der Waals surface area contributed by atoms with Crippen LogP contribution in [0.5, 0.6) is 0 Å². The first-order chi connectivity index (χ1) is 43.7. The molecule has 3 aliphatic rings. The topological polar surface area (TPSA) is 410 Å². The minimum absolute atomic E-state index is 0.0642. The van der Waals surface area contributed by atoms with Gasteiger partial charge in [0.15, 0.2) is 12.2 Å². The molecule has 2 aliphatic carbocycles. The van der Waals surface area contributed by atoms with Gasteiger partial charge >= 0.3 is 11.9 Å². The van der Waals surface area contributed by atoms with Gasteiger partial charge in [-0.15, -0.1) is 0 Å². The van der Waals surface area contributed by atoms with Gasteiger partial charge in [0.25, 0.3) is 11.8 Å². The molecule has 3 fully saturated rings. The van der Waals surface area contributed by atoms with Crippen molar-refractivity contribution < 1.29 is 82.6 Å². The first-order valence-corrected chi connectivity index (χ1v) is 33.9. The maximum Gasteiger partial charge on any atom is 0.325 e. The Hall–Kier alpha value is -6.03. The van der Waals surface area contributed by atoms with E-state index in [-0.39, 0.29) is 86.9 Å². The number of carbonyl (C=O) groups is 11. The van der Waals surface area contributed by atoms with Crippen molar-refractivity contribution in [1.82, 2.24) is 47.9 Å².